The SMILES string of the molecule is CCc1ccc(CCCCCC[C@H](C)C[C@@H]2CC(=O)CN[C@H]2CC)cc1. The number of nitrogens with one attached hydrogen (secondary N) is 1. The highest BCUT2D eigenvalue weighted by Crippen LogP contribution is 2.27. The minimum atomic E-state index is 0.402. The van der Waals surface area contributed by atoms with Gasteiger partial charge in [0, 0.05) is 12.5 Å². The zero-order chi connectivity index (χ0) is 18.8. The molecule has 146 valence electrons. The fourth-order valence-corrected chi connectivity index (χ4v) is 4.40. The van der Waals surface area contributed by atoms with E-state index < -0.39 is 0 Å². The van der Waals surface area contributed by atoms with E-state index in [0.717, 1.165) is 25.2 Å². The topological polar surface area (TPSA) is 29.1 Å². The van der Waals surface area contributed by atoms with Crippen LogP contribution < -0.4 is 5.32 Å². The monoisotopic (exact) mass is 357 g/mol. The highest BCUT2D eigenvalue weighted by molar-refractivity contribution is 5.81. The third-order valence-electron chi connectivity index (χ3n) is 6.11. The molecular weight excluding hydrogens is 318 g/mol. The van der Waals surface area contributed by atoms with Crippen molar-refractivity contribution in [3.8, 4) is 0 Å². The largest absolute Gasteiger partial charge is 0.307 e. The lowest BCUT2D eigenvalue weighted by molar-refractivity contribution is -0.121. The maximum atomic E-state index is 11.7. The van der Waals surface area contributed by atoms with Crippen LogP contribution in [0.5, 0.6) is 0 Å². The summed E-state index contributed by atoms with van der Waals surface area (Å²) in [5.41, 5.74) is 2.92. The molecule has 3 atom stereocenters. The molecule has 0 bridgehead atoms. The smallest absolute Gasteiger partial charge is 0.146 e. The first-order valence-corrected chi connectivity index (χ1v) is 10.9. The predicted octanol–water partition coefficient (Wildman–Crippen LogP) is 5.73. The summed E-state index contributed by atoms with van der Waals surface area (Å²) < 4.78 is 0. The number of carbonyl (C=O) groups is 1. The first-order valence-electron chi connectivity index (χ1n) is 10.9. The Hall–Kier alpha value is -1.15. The van der Waals surface area contributed by atoms with Gasteiger partial charge < -0.3 is 5.32 Å². The van der Waals surface area contributed by atoms with Crippen molar-refractivity contribution in [1.82, 2.24) is 5.32 Å². The highest BCUT2D eigenvalue weighted by atomic mass is 16.1. The lowest BCUT2D eigenvalue weighted by Crippen LogP contribution is -2.45. The average Bonchev–Trinajstić information content (AvgIpc) is 2.65. The molecule has 0 saturated carbocycles. The molecule has 1 aromatic rings. The first-order chi connectivity index (χ1) is 12.6. The number of piperidine rings is 1. The molecule has 0 aliphatic carbocycles. The van der Waals surface area contributed by atoms with Crippen LogP contribution in [0.4, 0.5) is 0 Å². The Kier molecular flexibility index (Phi) is 9.39. The molecule has 2 nitrogen and oxygen atoms in total. The van der Waals surface area contributed by atoms with Crippen LogP contribution in [0.15, 0.2) is 24.3 Å². The summed E-state index contributed by atoms with van der Waals surface area (Å²) in [5, 5.41) is 3.43. The number of hydrogen-bond donors (Lipinski definition) is 1. The lowest BCUT2D eigenvalue weighted by Gasteiger charge is -2.33. The minimum absolute atomic E-state index is 0.402. The second kappa shape index (κ2) is 11.5. The molecule has 1 aliphatic heterocycles. The number of carbonyl (C=O) groups excluding carboxylic acids is 1. The van der Waals surface area contributed by atoms with Crippen LogP contribution in [-0.4, -0.2) is 18.4 Å². The normalized spacial score (nSPS) is 21.7. The van der Waals surface area contributed by atoms with Crippen LogP contribution in [0, 0.1) is 11.8 Å². The van der Waals surface area contributed by atoms with Gasteiger partial charge in [-0.2, -0.15) is 0 Å². The van der Waals surface area contributed by atoms with Gasteiger partial charge in [-0.05, 0) is 55.1 Å². The van der Waals surface area contributed by atoms with Gasteiger partial charge in [-0.3, -0.25) is 4.79 Å². The third kappa shape index (κ3) is 7.23. The van der Waals surface area contributed by atoms with E-state index in [4.69, 9.17) is 0 Å². The van der Waals surface area contributed by atoms with Crippen molar-refractivity contribution in [2.45, 2.75) is 91.0 Å². The summed E-state index contributed by atoms with van der Waals surface area (Å²) in [4.78, 5) is 11.7. The van der Waals surface area contributed by atoms with Gasteiger partial charge in [0.2, 0.25) is 0 Å². The Balaban J connectivity index is 1.56. The van der Waals surface area contributed by atoms with Crippen LogP contribution in [0.25, 0.3) is 0 Å². The van der Waals surface area contributed by atoms with Crippen molar-refractivity contribution in [3.05, 3.63) is 35.4 Å². The van der Waals surface area contributed by atoms with Crippen LogP contribution in [0.3, 0.4) is 0 Å². The molecule has 1 saturated heterocycles. The van der Waals surface area contributed by atoms with E-state index >= 15 is 0 Å². The van der Waals surface area contributed by atoms with Gasteiger partial charge in [0.25, 0.3) is 0 Å². The molecule has 0 unspecified atom stereocenters. The number of aryl methyl sites for hydroxylation is 2. The summed E-state index contributed by atoms with van der Waals surface area (Å²) in [6.07, 6.45) is 12.1. The van der Waals surface area contributed by atoms with Crippen molar-refractivity contribution in [2.24, 2.45) is 11.8 Å². The Morgan fingerprint density at radius 2 is 1.73 bits per heavy atom. The molecule has 1 N–H and O–H groups in total. The van der Waals surface area contributed by atoms with E-state index in [2.05, 4.69) is 50.4 Å². The molecule has 0 spiro atoms. The number of Topliss-reactive ketones (excluding diaryl/α,β-unsaturated/α-hetero) is 1. The lowest BCUT2D eigenvalue weighted by atomic mass is 9.81. The molecule has 2 rings (SSSR count). The van der Waals surface area contributed by atoms with Gasteiger partial charge in [0.05, 0.1) is 6.54 Å². The highest BCUT2D eigenvalue weighted by Gasteiger charge is 2.28. The molecule has 0 aromatic heterocycles. The molecule has 0 amide bonds. The van der Waals surface area contributed by atoms with Crippen molar-refractivity contribution in [3.63, 3.8) is 0 Å². The average molecular weight is 358 g/mol. The number of rotatable bonds is 11. The Bertz CT molecular complexity index is 522. The Morgan fingerprint density at radius 1 is 1.04 bits per heavy atom. The van der Waals surface area contributed by atoms with Crippen molar-refractivity contribution < 1.29 is 4.79 Å². The van der Waals surface area contributed by atoms with E-state index in [1.807, 2.05) is 0 Å². The summed E-state index contributed by atoms with van der Waals surface area (Å²) >= 11 is 0. The van der Waals surface area contributed by atoms with E-state index in [0.29, 0.717) is 24.3 Å². The maximum absolute atomic E-state index is 11.7. The summed E-state index contributed by atoms with van der Waals surface area (Å²) in [7, 11) is 0. The molecular formula is C24H39NO. The van der Waals surface area contributed by atoms with Crippen LogP contribution in [-0.2, 0) is 17.6 Å². The molecule has 1 fully saturated rings. The summed E-state index contributed by atoms with van der Waals surface area (Å²) in [6.45, 7) is 7.41. The zero-order valence-corrected chi connectivity index (χ0v) is 17.2. The second-order valence-corrected chi connectivity index (χ2v) is 8.36. The van der Waals surface area contributed by atoms with Crippen LogP contribution in [0.2, 0.25) is 0 Å². The standard InChI is InChI=1S/C24H39NO/c1-4-20-12-14-21(15-13-20)11-9-7-6-8-10-19(3)16-22-17-23(26)18-25-24(22)5-2/h12-15,19,22,24-25H,4-11,16-18H2,1-3H3/t19-,22+,24-/m0/s1. The number of unbranched alkanes of at least 4 members (excludes halogenated alkanes) is 3. The van der Waals surface area contributed by atoms with E-state index in [-0.39, 0.29) is 0 Å². The summed E-state index contributed by atoms with van der Waals surface area (Å²) in [5.74, 6) is 1.70. The van der Waals surface area contributed by atoms with Gasteiger partial charge >= 0.3 is 0 Å². The number of ketones is 1. The van der Waals surface area contributed by atoms with Gasteiger partial charge in [0.1, 0.15) is 5.78 Å². The molecule has 2 heteroatoms. The van der Waals surface area contributed by atoms with Crippen LogP contribution >= 0.6 is 0 Å². The third-order valence-corrected chi connectivity index (χ3v) is 6.11. The minimum Gasteiger partial charge on any atom is -0.307 e. The van der Waals surface area contributed by atoms with E-state index in [1.54, 1.807) is 0 Å². The quantitative estimate of drug-likeness (QED) is 0.513. The predicted molar refractivity (Wildman–Crippen MR) is 112 cm³/mol. The number of benzene rings is 1. The Labute approximate surface area is 161 Å². The Morgan fingerprint density at radius 3 is 2.42 bits per heavy atom. The van der Waals surface area contributed by atoms with Gasteiger partial charge in [0.15, 0.2) is 0 Å². The van der Waals surface area contributed by atoms with E-state index in [1.165, 1.54) is 56.1 Å². The van der Waals surface area contributed by atoms with Crippen molar-refractivity contribution in [1.29, 1.82) is 0 Å². The van der Waals surface area contributed by atoms with Gasteiger partial charge in [-0.15, -0.1) is 0 Å². The molecule has 26 heavy (non-hydrogen) atoms. The van der Waals surface area contributed by atoms with Gasteiger partial charge in [-0.25, -0.2) is 0 Å². The first kappa shape index (κ1) is 21.2. The van der Waals surface area contributed by atoms with Crippen LogP contribution in [0.1, 0.15) is 83.3 Å². The molecule has 1 aliphatic rings. The van der Waals surface area contributed by atoms with Gasteiger partial charge in [-0.1, -0.05) is 70.7 Å². The fraction of sp³-hybridized carbons (Fsp3) is 0.708. The second-order valence-electron chi connectivity index (χ2n) is 8.36. The van der Waals surface area contributed by atoms with Crippen molar-refractivity contribution in [2.75, 3.05) is 6.54 Å². The number of hydrogen-bond acceptors (Lipinski definition) is 2. The summed E-state index contributed by atoms with van der Waals surface area (Å²) in [6, 6.07) is 9.68. The zero-order valence-electron chi connectivity index (χ0n) is 17.2. The molecule has 1 aromatic carbocycles. The molecule has 0 radical (unpaired) electrons. The maximum Gasteiger partial charge on any atom is 0.146 e. The van der Waals surface area contributed by atoms with Crippen molar-refractivity contribution >= 4 is 5.78 Å². The fourth-order valence-electron chi connectivity index (χ4n) is 4.40. The van der Waals surface area contributed by atoms with E-state index in [9.17, 15) is 4.79 Å². The molecule has 1 heterocycles.